The first-order valence-corrected chi connectivity index (χ1v) is 4.65. The third kappa shape index (κ3) is 1.92. The Bertz CT molecular complexity index is 312. The standard InChI is InChI=1S/C11H14FNO/c1-2-8-11(12,10(13)14)9-6-4-3-5-7-9/h3-7H,2,8H2,1H3,(H2,13,14). The van der Waals surface area contributed by atoms with Crippen molar-refractivity contribution >= 4 is 5.91 Å². The van der Waals surface area contributed by atoms with E-state index < -0.39 is 11.6 Å². The van der Waals surface area contributed by atoms with Gasteiger partial charge in [-0.15, -0.1) is 0 Å². The molecule has 76 valence electrons. The number of carbonyl (C=O) groups is 1. The zero-order valence-electron chi connectivity index (χ0n) is 8.16. The largest absolute Gasteiger partial charge is 0.367 e. The fourth-order valence-corrected chi connectivity index (χ4v) is 1.46. The minimum Gasteiger partial charge on any atom is -0.367 e. The maximum atomic E-state index is 14.2. The van der Waals surface area contributed by atoms with Crippen molar-refractivity contribution in [2.24, 2.45) is 5.73 Å². The van der Waals surface area contributed by atoms with Gasteiger partial charge in [0.1, 0.15) is 0 Å². The van der Waals surface area contributed by atoms with Crippen LogP contribution in [0.15, 0.2) is 30.3 Å². The fourth-order valence-electron chi connectivity index (χ4n) is 1.46. The maximum absolute atomic E-state index is 14.2. The number of carbonyl (C=O) groups excluding carboxylic acids is 1. The topological polar surface area (TPSA) is 43.1 Å². The van der Waals surface area contributed by atoms with Crippen molar-refractivity contribution in [3.05, 3.63) is 35.9 Å². The number of rotatable bonds is 4. The van der Waals surface area contributed by atoms with Gasteiger partial charge in [0.2, 0.25) is 5.67 Å². The van der Waals surface area contributed by atoms with Crippen LogP contribution in [0.3, 0.4) is 0 Å². The molecule has 14 heavy (non-hydrogen) atoms. The van der Waals surface area contributed by atoms with E-state index in [9.17, 15) is 9.18 Å². The minimum atomic E-state index is -2.02. The molecule has 0 bridgehead atoms. The van der Waals surface area contributed by atoms with Crippen molar-refractivity contribution in [2.75, 3.05) is 0 Å². The Morgan fingerprint density at radius 1 is 1.43 bits per heavy atom. The molecule has 1 aromatic carbocycles. The summed E-state index contributed by atoms with van der Waals surface area (Å²) in [4.78, 5) is 11.1. The number of hydrogen-bond donors (Lipinski definition) is 1. The van der Waals surface area contributed by atoms with Crippen molar-refractivity contribution in [2.45, 2.75) is 25.4 Å². The van der Waals surface area contributed by atoms with Crippen molar-refractivity contribution in [1.82, 2.24) is 0 Å². The molecule has 0 heterocycles. The quantitative estimate of drug-likeness (QED) is 0.785. The highest BCUT2D eigenvalue weighted by atomic mass is 19.1. The molecule has 2 N–H and O–H groups in total. The fraction of sp³-hybridized carbons (Fsp3) is 0.364. The highest BCUT2D eigenvalue weighted by Gasteiger charge is 2.37. The van der Waals surface area contributed by atoms with E-state index in [4.69, 9.17) is 5.73 Å². The molecule has 0 saturated carbocycles. The van der Waals surface area contributed by atoms with E-state index in [0.29, 0.717) is 12.0 Å². The maximum Gasteiger partial charge on any atom is 0.259 e. The first-order valence-electron chi connectivity index (χ1n) is 4.65. The van der Waals surface area contributed by atoms with Crippen molar-refractivity contribution in [3.8, 4) is 0 Å². The van der Waals surface area contributed by atoms with Gasteiger partial charge in [0.15, 0.2) is 0 Å². The average Bonchev–Trinajstić information content (AvgIpc) is 2.19. The predicted molar refractivity (Wildman–Crippen MR) is 53.3 cm³/mol. The summed E-state index contributed by atoms with van der Waals surface area (Å²) in [5.74, 6) is -0.912. The van der Waals surface area contributed by atoms with E-state index in [-0.39, 0.29) is 6.42 Å². The lowest BCUT2D eigenvalue weighted by Crippen LogP contribution is -2.37. The Hall–Kier alpha value is -1.38. The molecule has 0 aliphatic rings. The molecule has 0 aliphatic heterocycles. The van der Waals surface area contributed by atoms with Crippen molar-refractivity contribution < 1.29 is 9.18 Å². The number of alkyl halides is 1. The van der Waals surface area contributed by atoms with Crippen LogP contribution in [0.5, 0.6) is 0 Å². The summed E-state index contributed by atoms with van der Waals surface area (Å²) in [6.45, 7) is 1.82. The highest BCUT2D eigenvalue weighted by Crippen LogP contribution is 2.30. The minimum absolute atomic E-state index is 0.131. The van der Waals surface area contributed by atoms with Gasteiger partial charge in [-0.2, -0.15) is 0 Å². The van der Waals surface area contributed by atoms with E-state index in [2.05, 4.69) is 0 Å². The van der Waals surface area contributed by atoms with Crippen LogP contribution in [0.4, 0.5) is 4.39 Å². The molecule has 1 atom stereocenters. The summed E-state index contributed by atoms with van der Waals surface area (Å²) in [5.41, 5.74) is 3.40. The lowest BCUT2D eigenvalue weighted by Gasteiger charge is -2.21. The van der Waals surface area contributed by atoms with E-state index >= 15 is 0 Å². The summed E-state index contributed by atoms with van der Waals surface area (Å²) in [7, 11) is 0. The molecule has 3 heteroatoms. The SMILES string of the molecule is CCCC(F)(C(N)=O)c1ccccc1. The Balaban J connectivity index is 3.06. The number of amides is 1. The van der Waals surface area contributed by atoms with Crippen LogP contribution < -0.4 is 5.73 Å². The van der Waals surface area contributed by atoms with Gasteiger partial charge < -0.3 is 5.73 Å². The zero-order chi connectivity index (χ0) is 10.6. The summed E-state index contributed by atoms with van der Waals surface area (Å²) < 4.78 is 14.2. The molecule has 0 radical (unpaired) electrons. The summed E-state index contributed by atoms with van der Waals surface area (Å²) >= 11 is 0. The van der Waals surface area contributed by atoms with Crippen LogP contribution in [0.25, 0.3) is 0 Å². The van der Waals surface area contributed by atoms with Crippen LogP contribution >= 0.6 is 0 Å². The highest BCUT2D eigenvalue weighted by molar-refractivity contribution is 5.84. The Morgan fingerprint density at radius 2 is 2.00 bits per heavy atom. The van der Waals surface area contributed by atoms with Crippen LogP contribution in [-0.2, 0) is 10.5 Å². The van der Waals surface area contributed by atoms with E-state index in [0.717, 1.165) is 0 Å². The number of primary amides is 1. The van der Waals surface area contributed by atoms with Gasteiger partial charge in [-0.05, 0) is 12.0 Å². The summed E-state index contributed by atoms with van der Waals surface area (Å²) in [6.07, 6.45) is 0.709. The van der Waals surface area contributed by atoms with Gasteiger partial charge >= 0.3 is 0 Å². The van der Waals surface area contributed by atoms with Gasteiger partial charge in [0, 0.05) is 0 Å². The Labute approximate surface area is 82.9 Å². The van der Waals surface area contributed by atoms with E-state index in [1.807, 2.05) is 6.92 Å². The lowest BCUT2D eigenvalue weighted by atomic mass is 9.90. The molecule has 0 aliphatic carbocycles. The molecular weight excluding hydrogens is 181 g/mol. The second-order valence-corrected chi connectivity index (χ2v) is 3.28. The normalized spacial score (nSPS) is 14.7. The van der Waals surface area contributed by atoms with Gasteiger partial charge in [0.25, 0.3) is 5.91 Å². The summed E-state index contributed by atoms with van der Waals surface area (Å²) in [6, 6.07) is 8.34. The number of benzene rings is 1. The average molecular weight is 195 g/mol. The smallest absolute Gasteiger partial charge is 0.259 e. The number of nitrogens with two attached hydrogens (primary N) is 1. The molecule has 1 amide bonds. The van der Waals surface area contributed by atoms with Crippen molar-refractivity contribution in [3.63, 3.8) is 0 Å². The van der Waals surface area contributed by atoms with E-state index in [1.54, 1.807) is 30.3 Å². The van der Waals surface area contributed by atoms with Crippen LogP contribution in [-0.4, -0.2) is 5.91 Å². The van der Waals surface area contributed by atoms with Gasteiger partial charge in [0.05, 0.1) is 0 Å². The third-order valence-corrected chi connectivity index (χ3v) is 2.22. The zero-order valence-corrected chi connectivity index (χ0v) is 8.16. The molecule has 0 spiro atoms. The monoisotopic (exact) mass is 195 g/mol. The lowest BCUT2D eigenvalue weighted by molar-refractivity contribution is -0.130. The van der Waals surface area contributed by atoms with Crippen LogP contribution in [0, 0.1) is 0 Å². The van der Waals surface area contributed by atoms with Gasteiger partial charge in [-0.1, -0.05) is 43.7 Å². The van der Waals surface area contributed by atoms with E-state index in [1.165, 1.54) is 0 Å². The molecule has 1 rings (SSSR count). The van der Waals surface area contributed by atoms with Crippen molar-refractivity contribution in [1.29, 1.82) is 0 Å². The molecule has 0 aromatic heterocycles. The van der Waals surface area contributed by atoms with Crippen LogP contribution in [0.2, 0.25) is 0 Å². The number of hydrogen-bond acceptors (Lipinski definition) is 1. The number of halogens is 1. The molecule has 1 aromatic rings. The van der Waals surface area contributed by atoms with Gasteiger partial charge in [-0.25, -0.2) is 4.39 Å². The molecule has 1 unspecified atom stereocenters. The van der Waals surface area contributed by atoms with Gasteiger partial charge in [-0.3, -0.25) is 4.79 Å². The molecule has 0 saturated heterocycles. The van der Waals surface area contributed by atoms with Crippen LogP contribution in [0.1, 0.15) is 25.3 Å². The third-order valence-electron chi connectivity index (χ3n) is 2.22. The summed E-state index contributed by atoms with van der Waals surface area (Å²) in [5, 5.41) is 0. The second kappa shape index (κ2) is 4.22. The predicted octanol–water partition coefficient (Wildman–Crippen LogP) is 2.14. The Morgan fingerprint density at radius 3 is 2.43 bits per heavy atom. The second-order valence-electron chi connectivity index (χ2n) is 3.28. The molecule has 0 fully saturated rings. The first kappa shape index (κ1) is 10.7. The molecular formula is C11H14FNO. The first-order chi connectivity index (χ1) is 6.61. The Kier molecular flexibility index (Phi) is 3.23. The molecule has 2 nitrogen and oxygen atoms in total.